The molecule has 1 aliphatic heterocycles. The molecule has 0 amide bonds. The molecule has 13 heteroatoms. The number of anilines is 2. The standard InChI is InChI=1S/C26H27ClN5O5P.Na/c1-17-14-18(22-16-21(8-9-23(22)27)37-38(33,34)35)15-24-25(17)29-26(31-30-24)28-19-4-6-20(7-5-19)36-13-12-32-10-2-3-11-32;/h4-9,14-16H,2-3,10-13H2,1H3,(H,28,29,31)(H2,33,34,35);/q;+1/p-1. The van der Waals surface area contributed by atoms with E-state index in [0.717, 1.165) is 36.6 Å². The predicted octanol–water partition coefficient (Wildman–Crippen LogP) is 1.72. The first-order valence-electron chi connectivity index (χ1n) is 12.1. The third-order valence-electron chi connectivity index (χ3n) is 6.21. The van der Waals surface area contributed by atoms with E-state index >= 15 is 0 Å². The van der Waals surface area contributed by atoms with Gasteiger partial charge in [-0.25, -0.2) is 4.98 Å². The van der Waals surface area contributed by atoms with E-state index in [1.165, 1.54) is 31.0 Å². The molecular formula is C26H26ClN5NaO5P. The number of halogens is 1. The number of hydrogen-bond donors (Lipinski definition) is 2. The molecule has 5 rings (SSSR count). The third-order valence-corrected chi connectivity index (χ3v) is 6.98. The Morgan fingerprint density at radius 1 is 1.08 bits per heavy atom. The Hall–Kier alpha value is -2.27. The fourth-order valence-corrected chi connectivity index (χ4v) is 5.01. The van der Waals surface area contributed by atoms with Crippen LogP contribution in [0.1, 0.15) is 18.4 Å². The van der Waals surface area contributed by atoms with Crippen LogP contribution in [0.3, 0.4) is 0 Å². The van der Waals surface area contributed by atoms with Crippen LogP contribution in [0, 0.1) is 6.92 Å². The van der Waals surface area contributed by atoms with Crippen LogP contribution in [0.25, 0.3) is 22.2 Å². The Kier molecular flexibility index (Phi) is 9.85. The van der Waals surface area contributed by atoms with E-state index in [-0.39, 0.29) is 35.3 Å². The van der Waals surface area contributed by atoms with E-state index in [9.17, 15) is 9.46 Å². The molecule has 2 heterocycles. The van der Waals surface area contributed by atoms with Gasteiger partial charge >= 0.3 is 37.4 Å². The van der Waals surface area contributed by atoms with Crippen molar-refractivity contribution in [1.82, 2.24) is 20.1 Å². The SMILES string of the molecule is Cc1cc(-c2cc(OP(=O)([O-])O)ccc2Cl)cc2nnc(Nc3ccc(OCCN4CCCC4)cc3)nc12.[Na+]. The molecule has 10 nitrogen and oxygen atoms in total. The zero-order valence-corrected chi connectivity index (χ0v) is 25.3. The quantitative estimate of drug-likeness (QED) is 0.224. The molecule has 0 spiro atoms. The van der Waals surface area contributed by atoms with Crippen molar-refractivity contribution >= 4 is 42.1 Å². The van der Waals surface area contributed by atoms with Crippen LogP contribution < -0.4 is 49.0 Å². The van der Waals surface area contributed by atoms with Gasteiger partial charge in [0.2, 0.25) is 5.95 Å². The summed E-state index contributed by atoms with van der Waals surface area (Å²) in [6.07, 6.45) is 2.54. The largest absolute Gasteiger partial charge is 1.00 e. The first-order chi connectivity index (χ1) is 18.2. The number of hydrogen-bond acceptors (Lipinski definition) is 9. The van der Waals surface area contributed by atoms with Crippen LogP contribution in [0.15, 0.2) is 54.6 Å². The van der Waals surface area contributed by atoms with E-state index in [0.29, 0.717) is 39.7 Å². The molecule has 0 aliphatic carbocycles. The normalized spacial score (nSPS) is 15.0. The third kappa shape index (κ3) is 7.90. The van der Waals surface area contributed by atoms with Crippen molar-refractivity contribution in [2.45, 2.75) is 19.8 Å². The van der Waals surface area contributed by atoms with Gasteiger partial charge in [0.15, 0.2) is 0 Å². The Bertz CT molecular complexity index is 1500. The monoisotopic (exact) mass is 577 g/mol. The van der Waals surface area contributed by atoms with E-state index in [2.05, 4.69) is 29.9 Å². The fraction of sp³-hybridized carbons (Fsp3) is 0.269. The maximum absolute atomic E-state index is 11.1. The number of fused-ring (bicyclic) bond motifs is 1. The molecule has 0 radical (unpaired) electrons. The molecule has 198 valence electrons. The molecule has 0 bridgehead atoms. The van der Waals surface area contributed by atoms with Crippen molar-refractivity contribution in [3.63, 3.8) is 0 Å². The van der Waals surface area contributed by atoms with E-state index in [1.54, 1.807) is 6.07 Å². The van der Waals surface area contributed by atoms with Crippen LogP contribution in [-0.2, 0) is 4.57 Å². The van der Waals surface area contributed by atoms with E-state index < -0.39 is 7.82 Å². The first-order valence-corrected chi connectivity index (χ1v) is 14.0. The van der Waals surface area contributed by atoms with Crippen LogP contribution in [0.5, 0.6) is 11.5 Å². The molecule has 1 saturated heterocycles. The second kappa shape index (κ2) is 12.9. The Morgan fingerprint density at radius 3 is 2.51 bits per heavy atom. The van der Waals surface area contributed by atoms with Crippen molar-refractivity contribution in [3.8, 4) is 22.6 Å². The number of aromatic nitrogens is 3. The molecule has 1 aliphatic rings. The second-order valence-corrected chi connectivity index (χ2v) is 10.6. The molecule has 39 heavy (non-hydrogen) atoms. The number of phosphoric acid groups is 1. The Balaban J connectivity index is 0.00000353. The van der Waals surface area contributed by atoms with Crippen LogP contribution in [0.2, 0.25) is 5.02 Å². The number of ether oxygens (including phenoxy) is 1. The van der Waals surface area contributed by atoms with Gasteiger partial charge in [-0.3, -0.25) is 9.46 Å². The van der Waals surface area contributed by atoms with Crippen LogP contribution in [-0.4, -0.2) is 51.2 Å². The summed E-state index contributed by atoms with van der Waals surface area (Å²) in [6.45, 7) is 5.79. The van der Waals surface area contributed by atoms with Gasteiger partial charge in [0.25, 0.3) is 0 Å². The van der Waals surface area contributed by atoms with Gasteiger partial charge in [0.1, 0.15) is 23.6 Å². The van der Waals surface area contributed by atoms with Gasteiger partial charge < -0.3 is 24.4 Å². The van der Waals surface area contributed by atoms with E-state index in [4.69, 9.17) is 21.2 Å². The van der Waals surface area contributed by atoms with Gasteiger partial charge in [-0.1, -0.05) is 11.6 Å². The number of nitrogens with zero attached hydrogens (tertiary/aromatic N) is 4. The summed E-state index contributed by atoms with van der Waals surface area (Å²) < 4.78 is 21.6. The Labute approximate surface area is 253 Å². The minimum Gasteiger partial charge on any atom is -0.746 e. The molecular weight excluding hydrogens is 552 g/mol. The Morgan fingerprint density at radius 2 is 1.79 bits per heavy atom. The van der Waals surface area contributed by atoms with Crippen molar-refractivity contribution in [3.05, 3.63) is 65.2 Å². The van der Waals surface area contributed by atoms with Gasteiger partial charge in [-0.15, -0.1) is 10.2 Å². The fourth-order valence-electron chi connectivity index (χ4n) is 4.40. The summed E-state index contributed by atoms with van der Waals surface area (Å²) >= 11 is 6.35. The van der Waals surface area contributed by atoms with Crippen molar-refractivity contribution in [2.75, 3.05) is 31.6 Å². The summed E-state index contributed by atoms with van der Waals surface area (Å²) in [4.78, 5) is 27.2. The topological polar surface area (TPSA) is 133 Å². The zero-order valence-electron chi connectivity index (χ0n) is 21.6. The van der Waals surface area contributed by atoms with Gasteiger partial charge in [0, 0.05) is 22.8 Å². The first kappa shape index (κ1) is 29.7. The minimum atomic E-state index is -4.95. The van der Waals surface area contributed by atoms with Crippen molar-refractivity contribution in [1.29, 1.82) is 0 Å². The predicted molar refractivity (Wildman–Crippen MR) is 144 cm³/mol. The molecule has 1 aromatic heterocycles. The smallest absolute Gasteiger partial charge is 0.746 e. The molecule has 2 N–H and O–H groups in total. The van der Waals surface area contributed by atoms with E-state index in [1.807, 2.05) is 37.3 Å². The maximum atomic E-state index is 11.1. The summed E-state index contributed by atoms with van der Waals surface area (Å²) in [5.74, 6) is 1.09. The van der Waals surface area contributed by atoms with Crippen molar-refractivity contribution < 1.29 is 53.2 Å². The number of nitrogens with one attached hydrogen (secondary N) is 1. The molecule has 1 fully saturated rings. The second-order valence-electron chi connectivity index (χ2n) is 9.04. The summed E-state index contributed by atoms with van der Waals surface area (Å²) in [7, 11) is -4.95. The minimum absolute atomic E-state index is 0. The van der Waals surface area contributed by atoms with Gasteiger partial charge in [-0.05, 0) is 98.6 Å². The van der Waals surface area contributed by atoms with Crippen LogP contribution >= 0.6 is 19.4 Å². The zero-order chi connectivity index (χ0) is 26.7. The van der Waals surface area contributed by atoms with Gasteiger partial charge in [-0.2, -0.15) is 0 Å². The molecule has 0 saturated carbocycles. The summed E-state index contributed by atoms with van der Waals surface area (Å²) in [5, 5.41) is 12.1. The van der Waals surface area contributed by atoms with Gasteiger partial charge in [0.05, 0.1) is 5.52 Å². The number of rotatable bonds is 9. The number of benzene rings is 3. The maximum Gasteiger partial charge on any atom is 1.00 e. The summed E-state index contributed by atoms with van der Waals surface area (Å²) in [5.41, 5.74) is 3.98. The summed E-state index contributed by atoms with van der Waals surface area (Å²) in [6, 6.07) is 15.5. The molecule has 1 atom stereocenters. The molecule has 1 unspecified atom stereocenters. The molecule has 3 aromatic carbocycles. The number of aryl methyl sites for hydroxylation is 1. The number of likely N-dealkylation sites (tertiary alicyclic amines) is 1. The van der Waals surface area contributed by atoms with Crippen molar-refractivity contribution in [2.24, 2.45) is 0 Å². The average Bonchev–Trinajstić information content (AvgIpc) is 3.39. The molecule has 4 aromatic rings. The number of phosphoric ester groups is 1. The average molecular weight is 578 g/mol. The van der Waals surface area contributed by atoms with Crippen LogP contribution in [0.4, 0.5) is 11.6 Å².